The lowest BCUT2D eigenvalue weighted by atomic mass is 9.27. The minimum atomic E-state index is -0.233. The van der Waals surface area contributed by atoms with E-state index in [0.717, 1.165) is 38.5 Å². The predicted octanol–water partition coefficient (Wildman–Crippen LogP) is 6.78. The van der Waals surface area contributed by atoms with Gasteiger partial charge in [-0.3, -0.25) is 0 Å². The zero-order valence-corrected chi connectivity index (χ0v) is 21.4. The lowest BCUT2D eigenvalue weighted by Crippen LogP contribution is -2.70. The van der Waals surface area contributed by atoms with Gasteiger partial charge in [0.25, 0.3) is 0 Å². The fraction of sp³-hybridized carbons (Fsp3) is 0.800. The van der Waals surface area contributed by atoms with Crippen LogP contribution in [-0.4, -0.2) is 22.4 Å². The van der Waals surface area contributed by atoms with Crippen LogP contribution in [0.4, 0.5) is 0 Å². The summed E-state index contributed by atoms with van der Waals surface area (Å²) >= 11 is 0. The molecule has 0 bridgehead atoms. The van der Waals surface area contributed by atoms with Gasteiger partial charge in [-0.25, -0.2) is 0 Å². The molecular weight excluding hydrogens is 392 g/mol. The molecule has 9 atom stereocenters. The molecule has 0 radical (unpaired) electrons. The van der Waals surface area contributed by atoms with E-state index in [0.29, 0.717) is 5.92 Å². The minimum Gasteiger partial charge on any atom is -0.393 e. The van der Waals surface area contributed by atoms with E-state index in [1.165, 1.54) is 24.8 Å². The van der Waals surface area contributed by atoms with Crippen molar-refractivity contribution < 1.29 is 10.2 Å². The molecule has 0 unspecified atom stereocenters. The van der Waals surface area contributed by atoms with Crippen molar-refractivity contribution in [2.45, 2.75) is 112 Å². The topological polar surface area (TPSA) is 40.5 Å². The van der Waals surface area contributed by atoms with Crippen LogP contribution in [0.3, 0.4) is 0 Å². The molecule has 0 saturated heterocycles. The van der Waals surface area contributed by atoms with Gasteiger partial charge in [-0.2, -0.15) is 0 Å². The van der Waals surface area contributed by atoms with Crippen molar-refractivity contribution in [3.05, 3.63) is 35.9 Å². The van der Waals surface area contributed by atoms with Crippen LogP contribution in [0.2, 0.25) is 0 Å². The molecule has 2 nitrogen and oxygen atoms in total. The summed E-state index contributed by atoms with van der Waals surface area (Å²) < 4.78 is 0. The molecule has 0 aliphatic heterocycles. The van der Waals surface area contributed by atoms with E-state index in [1.807, 2.05) is 0 Å². The van der Waals surface area contributed by atoms with Gasteiger partial charge in [0.1, 0.15) is 0 Å². The van der Waals surface area contributed by atoms with Gasteiger partial charge in [-0.15, -0.1) is 0 Å². The van der Waals surface area contributed by atoms with E-state index in [-0.39, 0.29) is 44.7 Å². The highest BCUT2D eigenvalue weighted by atomic mass is 16.3. The summed E-state index contributed by atoms with van der Waals surface area (Å²) in [4.78, 5) is 0. The maximum atomic E-state index is 11.8. The van der Waals surface area contributed by atoms with Crippen LogP contribution in [0.1, 0.15) is 98.5 Å². The third-order valence-electron chi connectivity index (χ3n) is 13.3. The van der Waals surface area contributed by atoms with E-state index < -0.39 is 0 Å². The Hall–Kier alpha value is -0.860. The molecule has 4 saturated carbocycles. The largest absolute Gasteiger partial charge is 0.393 e. The fourth-order valence-corrected chi connectivity index (χ4v) is 10.4. The van der Waals surface area contributed by atoms with Crippen molar-refractivity contribution in [2.75, 3.05) is 0 Å². The summed E-state index contributed by atoms with van der Waals surface area (Å²) in [6.07, 6.45) is 9.55. The molecule has 178 valence electrons. The lowest BCUT2D eigenvalue weighted by molar-refractivity contribution is -0.292. The van der Waals surface area contributed by atoms with Crippen molar-refractivity contribution in [2.24, 2.45) is 38.4 Å². The number of rotatable bonds is 2. The summed E-state index contributed by atoms with van der Waals surface area (Å²) in [6, 6.07) is 10.8. The van der Waals surface area contributed by atoms with Gasteiger partial charge < -0.3 is 10.2 Å². The van der Waals surface area contributed by atoms with E-state index >= 15 is 0 Å². The number of hydrogen-bond acceptors (Lipinski definition) is 2. The summed E-state index contributed by atoms with van der Waals surface area (Å²) in [5.41, 5.74) is 2.31. The first-order valence-electron chi connectivity index (χ1n) is 13.3. The average Bonchev–Trinajstić information content (AvgIpc) is 2.95. The first-order chi connectivity index (χ1) is 14.9. The van der Waals surface area contributed by atoms with Gasteiger partial charge in [-0.05, 0) is 102 Å². The SMILES string of the molecule is C[C@@]12CC[C@]3(C)[C@](C)(CC[C@]4(C)[C@@H](O)[C@H](Cc5ccccc5)C[C@@]34C)[C@@]1(C)CC[C@H](O)C2. The molecule has 4 aliphatic rings. The minimum absolute atomic E-state index is 0.0288. The first kappa shape index (κ1) is 22.9. The third-order valence-corrected chi connectivity index (χ3v) is 13.3. The number of benzene rings is 1. The van der Waals surface area contributed by atoms with Gasteiger partial charge in [0, 0.05) is 0 Å². The molecule has 0 spiro atoms. The molecule has 2 heteroatoms. The zero-order valence-electron chi connectivity index (χ0n) is 21.4. The number of fused-ring (bicyclic) bond motifs is 5. The monoisotopic (exact) mass is 438 g/mol. The highest BCUT2D eigenvalue weighted by Crippen LogP contribution is 2.83. The van der Waals surface area contributed by atoms with Crippen LogP contribution in [0.25, 0.3) is 0 Å². The molecule has 5 rings (SSSR count). The molecule has 0 heterocycles. The molecule has 0 aromatic heterocycles. The molecular formula is C30H46O2. The van der Waals surface area contributed by atoms with Crippen molar-refractivity contribution >= 4 is 0 Å². The Balaban J connectivity index is 1.56. The Morgan fingerprint density at radius 1 is 0.719 bits per heavy atom. The normalized spacial score (nSPS) is 55.1. The third kappa shape index (κ3) is 2.50. The Kier molecular flexibility index (Phi) is 4.90. The molecule has 2 N–H and O–H groups in total. The summed E-state index contributed by atoms with van der Waals surface area (Å²) in [7, 11) is 0. The van der Waals surface area contributed by atoms with E-state index in [1.54, 1.807) is 0 Å². The van der Waals surface area contributed by atoms with Crippen molar-refractivity contribution in [1.82, 2.24) is 0 Å². The van der Waals surface area contributed by atoms with E-state index in [4.69, 9.17) is 0 Å². The maximum Gasteiger partial charge on any atom is 0.0630 e. The second kappa shape index (κ2) is 6.85. The Bertz CT molecular complexity index is 882. The number of hydrogen-bond donors (Lipinski definition) is 2. The van der Waals surface area contributed by atoms with E-state index in [2.05, 4.69) is 71.9 Å². The Labute approximate surface area is 196 Å². The zero-order chi connectivity index (χ0) is 23.2. The van der Waals surface area contributed by atoms with Gasteiger partial charge in [0.05, 0.1) is 12.2 Å². The molecule has 0 amide bonds. The second-order valence-corrected chi connectivity index (χ2v) is 13.8. The predicted molar refractivity (Wildman–Crippen MR) is 131 cm³/mol. The van der Waals surface area contributed by atoms with Crippen LogP contribution in [0.15, 0.2) is 30.3 Å². The molecule has 32 heavy (non-hydrogen) atoms. The number of aliphatic hydroxyl groups is 2. The van der Waals surface area contributed by atoms with Crippen LogP contribution in [0, 0.1) is 38.4 Å². The van der Waals surface area contributed by atoms with Crippen LogP contribution >= 0.6 is 0 Å². The van der Waals surface area contributed by atoms with Gasteiger partial charge in [0.2, 0.25) is 0 Å². The van der Waals surface area contributed by atoms with Crippen molar-refractivity contribution in [1.29, 1.82) is 0 Å². The quantitative estimate of drug-likeness (QED) is 0.534. The van der Waals surface area contributed by atoms with Gasteiger partial charge in [0.15, 0.2) is 0 Å². The Morgan fingerprint density at radius 3 is 2.03 bits per heavy atom. The highest BCUT2D eigenvalue weighted by Gasteiger charge is 2.77. The highest BCUT2D eigenvalue weighted by molar-refractivity contribution is 5.27. The van der Waals surface area contributed by atoms with Crippen molar-refractivity contribution in [3.8, 4) is 0 Å². The van der Waals surface area contributed by atoms with Gasteiger partial charge >= 0.3 is 0 Å². The van der Waals surface area contributed by atoms with E-state index in [9.17, 15) is 10.2 Å². The molecule has 4 aliphatic carbocycles. The number of aliphatic hydroxyl groups excluding tert-OH is 2. The standard InChI is InChI=1S/C30H46O2/c1-25-14-16-29(5)28(4,27(25,3)13-12-23(31)20-25)17-15-26(2)24(32)22(19-30(26,29)6)18-21-10-8-7-9-11-21/h7-11,22-24,31-32H,12-20H2,1-6H3/t22-,23+,24+,25+,26-,27+,28-,29-,30-/m1/s1. The molecule has 1 aromatic rings. The first-order valence-corrected chi connectivity index (χ1v) is 13.3. The summed E-state index contributed by atoms with van der Waals surface area (Å²) in [5.74, 6) is 0.334. The smallest absolute Gasteiger partial charge is 0.0630 e. The summed E-state index contributed by atoms with van der Waals surface area (Å²) in [5, 5.41) is 22.4. The second-order valence-electron chi connectivity index (χ2n) is 13.8. The molecule has 1 aromatic carbocycles. The van der Waals surface area contributed by atoms with Crippen LogP contribution < -0.4 is 0 Å². The lowest BCUT2D eigenvalue weighted by Gasteiger charge is -2.77. The van der Waals surface area contributed by atoms with Crippen LogP contribution in [0.5, 0.6) is 0 Å². The van der Waals surface area contributed by atoms with Gasteiger partial charge in [-0.1, -0.05) is 71.9 Å². The summed E-state index contributed by atoms with van der Waals surface area (Å²) in [6.45, 7) is 15.3. The average molecular weight is 439 g/mol. The molecule has 4 fully saturated rings. The fourth-order valence-electron chi connectivity index (χ4n) is 10.4. The Morgan fingerprint density at radius 2 is 1.34 bits per heavy atom. The van der Waals surface area contributed by atoms with Crippen molar-refractivity contribution in [3.63, 3.8) is 0 Å². The maximum absolute atomic E-state index is 11.8. The van der Waals surface area contributed by atoms with Crippen LogP contribution in [-0.2, 0) is 6.42 Å².